The maximum absolute atomic E-state index is 11.8. The van der Waals surface area contributed by atoms with Crippen molar-refractivity contribution in [2.45, 2.75) is 30.7 Å². The predicted molar refractivity (Wildman–Crippen MR) is 58.9 cm³/mol. The van der Waals surface area contributed by atoms with Gasteiger partial charge in [-0.1, -0.05) is 6.07 Å². The van der Waals surface area contributed by atoms with Crippen molar-refractivity contribution in [3.05, 3.63) is 23.8 Å². The highest BCUT2D eigenvalue weighted by Crippen LogP contribution is 2.25. The van der Waals surface area contributed by atoms with Gasteiger partial charge in [0.2, 0.25) is 10.0 Å². The SMILES string of the molecule is Cc1ccc(S(=O)(=O)NC2CC2)c(N)c1. The van der Waals surface area contributed by atoms with Crippen LogP contribution in [0.5, 0.6) is 0 Å². The summed E-state index contributed by atoms with van der Waals surface area (Å²) in [5.74, 6) is 0. The molecule has 1 aromatic carbocycles. The molecule has 0 atom stereocenters. The smallest absolute Gasteiger partial charge is 0.242 e. The summed E-state index contributed by atoms with van der Waals surface area (Å²) < 4.78 is 26.2. The fourth-order valence-electron chi connectivity index (χ4n) is 1.40. The maximum atomic E-state index is 11.8. The normalized spacial score (nSPS) is 16.6. The third-order valence-electron chi connectivity index (χ3n) is 2.35. The monoisotopic (exact) mass is 226 g/mol. The number of anilines is 1. The van der Waals surface area contributed by atoms with Gasteiger partial charge in [0.25, 0.3) is 0 Å². The lowest BCUT2D eigenvalue weighted by Crippen LogP contribution is -2.26. The molecule has 0 aromatic heterocycles. The van der Waals surface area contributed by atoms with Gasteiger partial charge in [-0.2, -0.15) is 0 Å². The first-order valence-electron chi connectivity index (χ1n) is 4.87. The van der Waals surface area contributed by atoms with Crippen LogP contribution < -0.4 is 10.5 Å². The highest BCUT2D eigenvalue weighted by molar-refractivity contribution is 7.89. The number of hydrogen-bond acceptors (Lipinski definition) is 3. The van der Waals surface area contributed by atoms with Gasteiger partial charge in [-0.05, 0) is 37.5 Å². The van der Waals surface area contributed by atoms with Crippen LogP contribution in [0.15, 0.2) is 23.1 Å². The summed E-state index contributed by atoms with van der Waals surface area (Å²) in [6.07, 6.45) is 1.84. The van der Waals surface area contributed by atoms with Gasteiger partial charge in [-0.15, -0.1) is 0 Å². The molecule has 1 aliphatic rings. The quantitative estimate of drug-likeness (QED) is 0.756. The first-order valence-corrected chi connectivity index (χ1v) is 6.36. The number of aryl methyl sites for hydroxylation is 1. The van der Waals surface area contributed by atoms with Gasteiger partial charge >= 0.3 is 0 Å². The fraction of sp³-hybridized carbons (Fsp3) is 0.400. The predicted octanol–water partition coefficient (Wildman–Crippen LogP) is 1.02. The van der Waals surface area contributed by atoms with Gasteiger partial charge in [-0.3, -0.25) is 0 Å². The van der Waals surface area contributed by atoms with E-state index in [0.717, 1.165) is 18.4 Å². The van der Waals surface area contributed by atoms with Gasteiger partial charge < -0.3 is 5.73 Å². The lowest BCUT2D eigenvalue weighted by molar-refractivity contribution is 0.581. The zero-order valence-electron chi connectivity index (χ0n) is 8.53. The molecule has 82 valence electrons. The molecule has 0 unspecified atom stereocenters. The van der Waals surface area contributed by atoms with Gasteiger partial charge in [0.05, 0.1) is 5.69 Å². The van der Waals surface area contributed by atoms with E-state index in [9.17, 15) is 8.42 Å². The Hall–Kier alpha value is -1.07. The summed E-state index contributed by atoms with van der Waals surface area (Å²) in [6.45, 7) is 1.88. The molecule has 5 heteroatoms. The molecule has 2 rings (SSSR count). The Morgan fingerprint density at radius 2 is 2.07 bits per heavy atom. The first kappa shape index (κ1) is 10.4. The van der Waals surface area contributed by atoms with Crippen molar-refractivity contribution in [1.29, 1.82) is 0 Å². The fourth-order valence-corrected chi connectivity index (χ4v) is 2.81. The molecule has 1 aromatic rings. The molecule has 0 spiro atoms. The summed E-state index contributed by atoms with van der Waals surface area (Å²) in [5, 5.41) is 0. The van der Waals surface area contributed by atoms with Crippen molar-refractivity contribution in [2.24, 2.45) is 0 Å². The minimum atomic E-state index is -3.42. The first-order chi connectivity index (χ1) is 6.99. The van der Waals surface area contributed by atoms with Crippen LogP contribution in [-0.4, -0.2) is 14.5 Å². The largest absolute Gasteiger partial charge is 0.398 e. The number of nitrogens with one attached hydrogen (secondary N) is 1. The van der Waals surface area contributed by atoms with Crippen LogP contribution in [0.4, 0.5) is 5.69 Å². The second-order valence-electron chi connectivity index (χ2n) is 3.94. The summed E-state index contributed by atoms with van der Waals surface area (Å²) in [4.78, 5) is 0.181. The van der Waals surface area contributed by atoms with Crippen molar-refractivity contribution >= 4 is 15.7 Å². The molecule has 1 aliphatic carbocycles. The van der Waals surface area contributed by atoms with Crippen molar-refractivity contribution in [2.75, 3.05) is 5.73 Å². The Labute approximate surface area is 89.5 Å². The molecule has 15 heavy (non-hydrogen) atoms. The standard InChI is InChI=1S/C10H14N2O2S/c1-7-2-5-10(9(11)6-7)15(13,14)12-8-3-4-8/h2,5-6,8,12H,3-4,11H2,1H3. The molecule has 0 saturated heterocycles. The molecule has 3 N–H and O–H groups in total. The average Bonchev–Trinajstić information content (AvgIpc) is 2.86. The second-order valence-corrected chi connectivity index (χ2v) is 5.62. The van der Waals surface area contributed by atoms with Crippen LogP contribution in [0.25, 0.3) is 0 Å². The van der Waals surface area contributed by atoms with Crippen LogP contribution in [0.1, 0.15) is 18.4 Å². The summed E-state index contributed by atoms with van der Waals surface area (Å²) in [5.41, 5.74) is 6.95. The lowest BCUT2D eigenvalue weighted by Gasteiger charge is -2.08. The van der Waals surface area contributed by atoms with E-state index in [2.05, 4.69) is 4.72 Å². The Morgan fingerprint density at radius 3 is 2.60 bits per heavy atom. The van der Waals surface area contributed by atoms with Crippen LogP contribution in [0, 0.1) is 6.92 Å². The van der Waals surface area contributed by atoms with Crippen LogP contribution in [0.3, 0.4) is 0 Å². The zero-order valence-corrected chi connectivity index (χ0v) is 9.34. The maximum Gasteiger partial charge on any atom is 0.242 e. The highest BCUT2D eigenvalue weighted by Gasteiger charge is 2.28. The van der Waals surface area contributed by atoms with E-state index < -0.39 is 10.0 Å². The van der Waals surface area contributed by atoms with Crippen LogP contribution in [0.2, 0.25) is 0 Å². The number of benzene rings is 1. The van der Waals surface area contributed by atoms with E-state index >= 15 is 0 Å². The number of rotatable bonds is 3. The summed E-state index contributed by atoms with van der Waals surface area (Å²) in [7, 11) is -3.42. The summed E-state index contributed by atoms with van der Waals surface area (Å²) >= 11 is 0. The average molecular weight is 226 g/mol. The van der Waals surface area contributed by atoms with E-state index in [-0.39, 0.29) is 10.9 Å². The molecule has 0 aliphatic heterocycles. The molecule has 0 heterocycles. The van der Waals surface area contributed by atoms with E-state index in [4.69, 9.17) is 5.73 Å². The van der Waals surface area contributed by atoms with Crippen molar-refractivity contribution in [3.8, 4) is 0 Å². The van der Waals surface area contributed by atoms with Gasteiger partial charge in [0.1, 0.15) is 4.90 Å². The van der Waals surface area contributed by atoms with E-state index in [1.807, 2.05) is 6.92 Å². The number of sulfonamides is 1. The topological polar surface area (TPSA) is 72.2 Å². The lowest BCUT2D eigenvalue weighted by atomic mass is 10.2. The van der Waals surface area contributed by atoms with Crippen LogP contribution in [-0.2, 0) is 10.0 Å². The van der Waals surface area contributed by atoms with Gasteiger partial charge in [0, 0.05) is 6.04 Å². The Bertz CT molecular complexity index is 478. The third kappa shape index (κ3) is 2.30. The zero-order chi connectivity index (χ0) is 11.1. The number of nitrogen functional groups attached to an aromatic ring is 1. The van der Waals surface area contributed by atoms with Gasteiger partial charge in [0.15, 0.2) is 0 Å². The van der Waals surface area contributed by atoms with Crippen molar-refractivity contribution in [3.63, 3.8) is 0 Å². The van der Waals surface area contributed by atoms with E-state index in [0.29, 0.717) is 5.69 Å². The Balaban J connectivity index is 2.34. The summed E-state index contributed by atoms with van der Waals surface area (Å²) in [6, 6.07) is 5.07. The molecular formula is C10H14N2O2S. The molecular weight excluding hydrogens is 212 g/mol. The number of hydrogen-bond donors (Lipinski definition) is 2. The van der Waals surface area contributed by atoms with E-state index in [1.165, 1.54) is 0 Å². The second kappa shape index (κ2) is 3.50. The molecule has 1 saturated carbocycles. The Kier molecular flexibility index (Phi) is 2.44. The van der Waals surface area contributed by atoms with Crippen molar-refractivity contribution in [1.82, 2.24) is 4.72 Å². The molecule has 0 amide bonds. The molecule has 1 fully saturated rings. The molecule has 4 nitrogen and oxygen atoms in total. The van der Waals surface area contributed by atoms with Crippen LogP contribution >= 0.6 is 0 Å². The minimum absolute atomic E-state index is 0.107. The number of nitrogens with two attached hydrogens (primary N) is 1. The molecule has 0 bridgehead atoms. The van der Waals surface area contributed by atoms with Gasteiger partial charge in [-0.25, -0.2) is 13.1 Å². The van der Waals surface area contributed by atoms with E-state index in [1.54, 1.807) is 18.2 Å². The Morgan fingerprint density at radius 1 is 1.40 bits per heavy atom. The third-order valence-corrected chi connectivity index (χ3v) is 3.95. The molecule has 0 radical (unpaired) electrons. The minimum Gasteiger partial charge on any atom is -0.398 e. The van der Waals surface area contributed by atoms with Crippen molar-refractivity contribution < 1.29 is 8.42 Å². The highest BCUT2D eigenvalue weighted by atomic mass is 32.2.